The van der Waals surface area contributed by atoms with Crippen LogP contribution < -0.4 is 10.6 Å². The molecule has 17 heavy (non-hydrogen) atoms. The summed E-state index contributed by atoms with van der Waals surface area (Å²) in [4.78, 5) is 12.8. The molecule has 0 aliphatic rings. The molecule has 0 radical (unpaired) electrons. The van der Waals surface area contributed by atoms with Crippen LogP contribution in [-0.2, 0) is 16.1 Å². The zero-order valence-electron chi connectivity index (χ0n) is 9.96. The SMILES string of the molecule is COCCNC(=O)C(C)NCc1sccc1Br. The molecule has 1 aromatic rings. The quantitative estimate of drug-likeness (QED) is 0.753. The van der Waals surface area contributed by atoms with Gasteiger partial charge in [-0.3, -0.25) is 4.79 Å². The summed E-state index contributed by atoms with van der Waals surface area (Å²) in [6.07, 6.45) is 0. The van der Waals surface area contributed by atoms with Gasteiger partial charge in [-0.2, -0.15) is 0 Å². The number of hydrogen-bond acceptors (Lipinski definition) is 4. The Morgan fingerprint density at radius 1 is 1.65 bits per heavy atom. The third-order valence-corrected chi connectivity index (χ3v) is 4.18. The Balaban J connectivity index is 2.27. The largest absolute Gasteiger partial charge is 0.383 e. The van der Waals surface area contributed by atoms with Crippen molar-refractivity contribution in [3.8, 4) is 0 Å². The van der Waals surface area contributed by atoms with Gasteiger partial charge >= 0.3 is 0 Å². The van der Waals surface area contributed by atoms with Gasteiger partial charge in [-0.05, 0) is 34.3 Å². The number of thiophene rings is 1. The predicted molar refractivity (Wildman–Crippen MR) is 73.2 cm³/mol. The summed E-state index contributed by atoms with van der Waals surface area (Å²) in [5.41, 5.74) is 0. The van der Waals surface area contributed by atoms with Crippen molar-refractivity contribution in [3.05, 3.63) is 20.8 Å². The molecule has 0 aliphatic carbocycles. The Bertz CT molecular complexity index is 357. The Labute approximate surface area is 114 Å². The topological polar surface area (TPSA) is 50.4 Å². The Kier molecular flexibility index (Phi) is 6.72. The van der Waals surface area contributed by atoms with Gasteiger partial charge in [0, 0.05) is 29.5 Å². The van der Waals surface area contributed by atoms with Crippen molar-refractivity contribution in [2.75, 3.05) is 20.3 Å². The number of carbonyl (C=O) groups excluding carboxylic acids is 1. The number of carbonyl (C=O) groups is 1. The summed E-state index contributed by atoms with van der Waals surface area (Å²) >= 11 is 5.12. The third-order valence-electron chi connectivity index (χ3n) is 2.26. The fraction of sp³-hybridized carbons (Fsp3) is 0.545. The molecule has 2 N–H and O–H groups in total. The monoisotopic (exact) mass is 320 g/mol. The fourth-order valence-corrected chi connectivity index (χ4v) is 2.66. The second kappa shape index (κ2) is 7.81. The normalized spacial score (nSPS) is 12.4. The highest BCUT2D eigenvalue weighted by Crippen LogP contribution is 2.22. The lowest BCUT2D eigenvalue weighted by atomic mass is 10.3. The van der Waals surface area contributed by atoms with Crippen LogP contribution in [0.25, 0.3) is 0 Å². The van der Waals surface area contributed by atoms with Gasteiger partial charge in [0.1, 0.15) is 0 Å². The maximum Gasteiger partial charge on any atom is 0.236 e. The Hall–Kier alpha value is -0.430. The molecular weight excluding hydrogens is 304 g/mol. The first kappa shape index (κ1) is 14.6. The molecule has 4 nitrogen and oxygen atoms in total. The van der Waals surface area contributed by atoms with Crippen molar-refractivity contribution < 1.29 is 9.53 Å². The smallest absolute Gasteiger partial charge is 0.236 e. The zero-order valence-corrected chi connectivity index (χ0v) is 12.4. The first-order valence-corrected chi connectivity index (χ1v) is 7.04. The van der Waals surface area contributed by atoms with Crippen LogP contribution in [0.1, 0.15) is 11.8 Å². The van der Waals surface area contributed by atoms with Gasteiger partial charge in [0.05, 0.1) is 12.6 Å². The van der Waals surface area contributed by atoms with Gasteiger partial charge < -0.3 is 15.4 Å². The third kappa shape index (κ3) is 5.16. The second-order valence-corrected chi connectivity index (χ2v) is 5.43. The van der Waals surface area contributed by atoms with Gasteiger partial charge in [0.2, 0.25) is 5.91 Å². The van der Waals surface area contributed by atoms with Crippen LogP contribution in [0, 0.1) is 0 Å². The Morgan fingerprint density at radius 3 is 3.00 bits per heavy atom. The van der Waals surface area contributed by atoms with Gasteiger partial charge in [0.15, 0.2) is 0 Å². The molecule has 0 saturated heterocycles. The van der Waals surface area contributed by atoms with E-state index in [4.69, 9.17) is 4.74 Å². The van der Waals surface area contributed by atoms with Crippen molar-refractivity contribution in [3.63, 3.8) is 0 Å². The lowest BCUT2D eigenvalue weighted by Gasteiger charge is -2.13. The highest BCUT2D eigenvalue weighted by molar-refractivity contribution is 9.10. The molecule has 0 saturated carbocycles. The van der Waals surface area contributed by atoms with E-state index in [0.717, 1.165) is 4.47 Å². The number of methoxy groups -OCH3 is 1. The summed E-state index contributed by atoms with van der Waals surface area (Å²) < 4.78 is 5.95. The highest BCUT2D eigenvalue weighted by atomic mass is 79.9. The lowest BCUT2D eigenvalue weighted by Crippen LogP contribution is -2.42. The van der Waals surface area contributed by atoms with E-state index in [1.54, 1.807) is 18.4 Å². The van der Waals surface area contributed by atoms with Gasteiger partial charge in [-0.1, -0.05) is 0 Å². The molecule has 6 heteroatoms. The van der Waals surface area contributed by atoms with E-state index in [9.17, 15) is 4.79 Å². The fourth-order valence-electron chi connectivity index (χ4n) is 1.22. The van der Waals surface area contributed by atoms with Gasteiger partial charge in [-0.15, -0.1) is 11.3 Å². The minimum Gasteiger partial charge on any atom is -0.383 e. The molecule has 0 aromatic carbocycles. The van der Waals surface area contributed by atoms with Crippen LogP contribution in [0.5, 0.6) is 0 Å². The summed E-state index contributed by atoms with van der Waals surface area (Å²) in [7, 11) is 1.61. The molecule has 1 amide bonds. The van der Waals surface area contributed by atoms with Gasteiger partial charge in [-0.25, -0.2) is 0 Å². The standard InChI is InChI=1S/C11H17BrN2O2S/c1-8(11(15)13-4-5-16-2)14-7-10-9(12)3-6-17-10/h3,6,8,14H,4-5,7H2,1-2H3,(H,13,15). The molecule has 0 fully saturated rings. The maximum atomic E-state index is 11.6. The first-order valence-electron chi connectivity index (χ1n) is 5.37. The summed E-state index contributed by atoms with van der Waals surface area (Å²) in [6, 6.07) is 1.80. The molecule has 1 unspecified atom stereocenters. The molecular formula is C11H17BrN2O2S. The highest BCUT2D eigenvalue weighted by Gasteiger charge is 2.12. The maximum absolute atomic E-state index is 11.6. The van der Waals surface area contributed by atoms with E-state index >= 15 is 0 Å². The van der Waals surface area contributed by atoms with Crippen LogP contribution in [0.2, 0.25) is 0 Å². The number of rotatable bonds is 7. The van der Waals surface area contributed by atoms with Crippen LogP contribution in [-0.4, -0.2) is 32.2 Å². The van der Waals surface area contributed by atoms with Crippen molar-refractivity contribution in [1.82, 2.24) is 10.6 Å². The summed E-state index contributed by atoms with van der Waals surface area (Å²) in [5, 5.41) is 7.99. The molecule has 1 atom stereocenters. The number of ether oxygens (including phenoxy) is 1. The molecule has 0 bridgehead atoms. The van der Waals surface area contributed by atoms with E-state index in [-0.39, 0.29) is 11.9 Å². The number of hydrogen-bond donors (Lipinski definition) is 2. The van der Waals surface area contributed by atoms with E-state index in [1.165, 1.54) is 4.88 Å². The molecule has 0 spiro atoms. The molecule has 96 valence electrons. The number of nitrogens with one attached hydrogen (secondary N) is 2. The van der Waals surface area contributed by atoms with Crippen molar-refractivity contribution in [1.29, 1.82) is 0 Å². The number of amides is 1. The van der Waals surface area contributed by atoms with Crippen molar-refractivity contribution in [2.45, 2.75) is 19.5 Å². The van der Waals surface area contributed by atoms with E-state index in [0.29, 0.717) is 19.7 Å². The molecule has 1 rings (SSSR count). The first-order chi connectivity index (χ1) is 8.15. The minimum atomic E-state index is -0.208. The zero-order chi connectivity index (χ0) is 12.7. The van der Waals surface area contributed by atoms with Crippen molar-refractivity contribution in [2.24, 2.45) is 0 Å². The van der Waals surface area contributed by atoms with Gasteiger partial charge in [0.25, 0.3) is 0 Å². The van der Waals surface area contributed by atoms with Crippen LogP contribution >= 0.6 is 27.3 Å². The Morgan fingerprint density at radius 2 is 2.41 bits per heavy atom. The lowest BCUT2D eigenvalue weighted by molar-refractivity contribution is -0.122. The van der Waals surface area contributed by atoms with Crippen LogP contribution in [0.3, 0.4) is 0 Å². The van der Waals surface area contributed by atoms with Crippen LogP contribution in [0.4, 0.5) is 0 Å². The molecule has 1 aromatic heterocycles. The molecule has 0 aliphatic heterocycles. The second-order valence-electron chi connectivity index (χ2n) is 3.58. The van der Waals surface area contributed by atoms with Crippen molar-refractivity contribution >= 4 is 33.2 Å². The number of halogens is 1. The van der Waals surface area contributed by atoms with E-state index in [1.807, 2.05) is 18.4 Å². The summed E-state index contributed by atoms with van der Waals surface area (Å²) in [5.74, 6) is -0.00488. The minimum absolute atomic E-state index is 0.00488. The summed E-state index contributed by atoms with van der Waals surface area (Å²) in [6.45, 7) is 3.62. The molecule has 1 heterocycles. The average molecular weight is 321 g/mol. The average Bonchev–Trinajstić information content (AvgIpc) is 2.72. The van der Waals surface area contributed by atoms with E-state index in [2.05, 4.69) is 26.6 Å². The predicted octanol–water partition coefficient (Wildman–Crippen LogP) is 1.75. The van der Waals surface area contributed by atoms with E-state index < -0.39 is 0 Å². The van der Waals surface area contributed by atoms with Crippen LogP contribution in [0.15, 0.2) is 15.9 Å².